The molecule has 4 nitrogen and oxygen atoms in total. The minimum atomic E-state index is -4.90. The summed E-state index contributed by atoms with van der Waals surface area (Å²) in [6.07, 6.45) is -5.64. The minimum Gasteiger partial charge on any atom is -0.350 e. The molecule has 25 heavy (non-hydrogen) atoms. The molecule has 1 unspecified atom stereocenters. The van der Waals surface area contributed by atoms with Crippen LogP contribution in [-0.4, -0.2) is 27.8 Å². The number of rotatable bonds is 2. The Balaban J connectivity index is 1.59. The van der Waals surface area contributed by atoms with Crippen LogP contribution in [0.1, 0.15) is 12.0 Å². The van der Waals surface area contributed by atoms with E-state index in [1.165, 1.54) is 11.3 Å². The molecule has 0 spiro atoms. The van der Waals surface area contributed by atoms with Crippen LogP contribution >= 0.6 is 11.3 Å². The van der Waals surface area contributed by atoms with Gasteiger partial charge in [-0.25, -0.2) is 4.98 Å². The molecule has 0 saturated carbocycles. The molecular weight excluding hydrogens is 353 g/mol. The van der Waals surface area contributed by atoms with Crippen molar-refractivity contribution in [3.05, 3.63) is 54.1 Å². The van der Waals surface area contributed by atoms with Crippen LogP contribution in [0.25, 0.3) is 20.8 Å². The summed E-state index contributed by atoms with van der Waals surface area (Å²) >= 11 is 1.54. The Labute approximate surface area is 144 Å². The highest BCUT2D eigenvalue weighted by Crippen LogP contribution is 2.39. The van der Waals surface area contributed by atoms with Crippen molar-refractivity contribution in [2.75, 3.05) is 0 Å². The first-order chi connectivity index (χ1) is 11.9. The van der Waals surface area contributed by atoms with Gasteiger partial charge in [-0.1, -0.05) is 41.6 Å². The molecule has 2 heterocycles. The number of thiazole rings is 1. The van der Waals surface area contributed by atoms with Gasteiger partial charge in [0.05, 0.1) is 22.3 Å². The molecule has 1 aromatic heterocycles. The van der Waals surface area contributed by atoms with Crippen molar-refractivity contribution in [1.82, 2.24) is 4.98 Å². The minimum absolute atomic E-state index is 0.0516. The van der Waals surface area contributed by atoms with Crippen molar-refractivity contribution in [2.24, 2.45) is 5.16 Å². The monoisotopic (exact) mass is 364 g/mol. The number of aliphatic hydroxyl groups is 1. The number of hydrogen-bond donors (Lipinski definition) is 1. The van der Waals surface area contributed by atoms with Gasteiger partial charge in [-0.15, -0.1) is 11.3 Å². The third-order valence-electron chi connectivity index (χ3n) is 3.92. The van der Waals surface area contributed by atoms with Gasteiger partial charge in [0.25, 0.3) is 0 Å². The zero-order valence-electron chi connectivity index (χ0n) is 12.6. The fraction of sp³-hybridized carbons (Fsp3) is 0.176. The molecule has 1 aliphatic rings. The van der Waals surface area contributed by atoms with E-state index in [1.54, 1.807) is 24.3 Å². The topological polar surface area (TPSA) is 54.7 Å². The maximum absolute atomic E-state index is 12.8. The Morgan fingerprint density at radius 3 is 2.36 bits per heavy atom. The summed E-state index contributed by atoms with van der Waals surface area (Å²) in [5, 5.41) is 13.7. The number of fused-ring (bicyclic) bond motifs is 1. The standard InChI is InChI=1S/C17H11F3N2O2S/c18-17(19,20)16(23)9-13(22-24-16)10-5-7-11(8-6-10)15-21-12-3-1-2-4-14(12)25-15/h1-8,23H,9H2. The van der Waals surface area contributed by atoms with E-state index in [1.807, 2.05) is 24.3 Å². The molecule has 3 aromatic rings. The van der Waals surface area contributed by atoms with Crippen molar-refractivity contribution in [3.63, 3.8) is 0 Å². The van der Waals surface area contributed by atoms with E-state index in [-0.39, 0.29) is 5.71 Å². The summed E-state index contributed by atoms with van der Waals surface area (Å²) in [7, 11) is 0. The number of hydrogen-bond acceptors (Lipinski definition) is 5. The number of nitrogens with zero attached hydrogens (tertiary/aromatic N) is 2. The summed E-state index contributed by atoms with van der Waals surface area (Å²) in [6, 6.07) is 14.6. The van der Waals surface area contributed by atoms with Crippen LogP contribution in [0.5, 0.6) is 0 Å². The smallest absolute Gasteiger partial charge is 0.350 e. The zero-order chi connectivity index (χ0) is 17.7. The highest BCUT2D eigenvalue weighted by Gasteiger charge is 2.60. The van der Waals surface area contributed by atoms with E-state index in [2.05, 4.69) is 15.0 Å². The first-order valence-corrected chi connectivity index (χ1v) is 8.18. The predicted octanol–water partition coefficient (Wildman–Crippen LogP) is 4.34. The van der Waals surface area contributed by atoms with Crippen LogP contribution in [0.3, 0.4) is 0 Å². The molecule has 128 valence electrons. The fourth-order valence-corrected chi connectivity index (χ4v) is 3.50. The molecule has 1 N–H and O–H groups in total. The van der Waals surface area contributed by atoms with Gasteiger partial charge < -0.3 is 9.94 Å². The predicted molar refractivity (Wildman–Crippen MR) is 88.3 cm³/mol. The van der Waals surface area contributed by atoms with Gasteiger partial charge in [0.2, 0.25) is 0 Å². The molecule has 0 aliphatic carbocycles. The lowest BCUT2D eigenvalue weighted by Crippen LogP contribution is -2.45. The van der Waals surface area contributed by atoms with E-state index < -0.39 is 18.4 Å². The van der Waals surface area contributed by atoms with E-state index >= 15 is 0 Å². The van der Waals surface area contributed by atoms with Crippen molar-refractivity contribution in [1.29, 1.82) is 0 Å². The van der Waals surface area contributed by atoms with Gasteiger partial charge in [0.15, 0.2) is 0 Å². The summed E-state index contributed by atoms with van der Waals surface area (Å²) in [6.45, 7) is 0. The molecule has 0 bridgehead atoms. The van der Waals surface area contributed by atoms with E-state index in [4.69, 9.17) is 0 Å². The molecule has 0 saturated heterocycles. The van der Waals surface area contributed by atoms with Gasteiger partial charge in [0.1, 0.15) is 5.01 Å². The SMILES string of the molecule is OC1(C(F)(F)F)CC(c2ccc(-c3nc4ccccc4s3)cc2)=NO1. The third kappa shape index (κ3) is 2.77. The Kier molecular flexibility index (Phi) is 3.55. The number of halogens is 3. The lowest BCUT2D eigenvalue weighted by molar-refractivity contribution is -0.355. The Hall–Kier alpha value is -2.45. The zero-order valence-corrected chi connectivity index (χ0v) is 13.4. The highest BCUT2D eigenvalue weighted by atomic mass is 32.1. The second kappa shape index (κ2) is 5.53. The quantitative estimate of drug-likeness (QED) is 0.736. The van der Waals surface area contributed by atoms with Crippen LogP contribution in [0.4, 0.5) is 13.2 Å². The van der Waals surface area contributed by atoms with Crippen molar-refractivity contribution < 1.29 is 23.1 Å². The summed E-state index contributed by atoms with van der Waals surface area (Å²) in [5.74, 6) is -3.26. The van der Waals surface area contributed by atoms with Crippen molar-refractivity contribution in [3.8, 4) is 10.6 Å². The average molecular weight is 364 g/mol. The normalized spacial score (nSPS) is 20.6. The molecule has 0 fully saturated rings. The average Bonchev–Trinajstić information content (AvgIpc) is 3.19. The lowest BCUT2D eigenvalue weighted by Gasteiger charge is -2.22. The Morgan fingerprint density at radius 2 is 1.72 bits per heavy atom. The fourth-order valence-electron chi connectivity index (χ4n) is 2.53. The second-order valence-electron chi connectivity index (χ2n) is 5.65. The Morgan fingerprint density at radius 1 is 1.04 bits per heavy atom. The molecule has 2 aromatic carbocycles. The van der Waals surface area contributed by atoms with E-state index in [9.17, 15) is 18.3 Å². The van der Waals surface area contributed by atoms with Crippen molar-refractivity contribution in [2.45, 2.75) is 18.4 Å². The highest BCUT2D eigenvalue weighted by molar-refractivity contribution is 7.21. The maximum atomic E-state index is 12.8. The molecule has 8 heteroatoms. The number of para-hydroxylation sites is 1. The first-order valence-electron chi connectivity index (χ1n) is 7.36. The van der Waals surface area contributed by atoms with Crippen LogP contribution in [0.15, 0.2) is 53.7 Å². The molecule has 1 aliphatic heterocycles. The molecular formula is C17H11F3N2O2S. The summed E-state index contributed by atoms with van der Waals surface area (Å²) in [4.78, 5) is 8.78. The number of aromatic nitrogens is 1. The van der Waals surface area contributed by atoms with E-state index in [0.717, 1.165) is 20.8 Å². The molecule has 0 amide bonds. The number of benzene rings is 2. The summed E-state index contributed by atoms with van der Waals surface area (Å²) < 4.78 is 39.4. The summed E-state index contributed by atoms with van der Waals surface area (Å²) in [5.41, 5.74) is 2.27. The van der Waals surface area contributed by atoms with Crippen LogP contribution in [-0.2, 0) is 4.84 Å². The van der Waals surface area contributed by atoms with Crippen molar-refractivity contribution >= 4 is 27.3 Å². The van der Waals surface area contributed by atoms with Crippen LogP contribution in [0.2, 0.25) is 0 Å². The largest absolute Gasteiger partial charge is 0.458 e. The second-order valence-corrected chi connectivity index (χ2v) is 6.68. The lowest BCUT2D eigenvalue weighted by atomic mass is 10.0. The number of alkyl halides is 3. The molecule has 1 atom stereocenters. The van der Waals surface area contributed by atoms with Gasteiger partial charge in [-0.2, -0.15) is 13.2 Å². The van der Waals surface area contributed by atoms with Gasteiger partial charge in [-0.3, -0.25) is 0 Å². The van der Waals surface area contributed by atoms with Gasteiger partial charge >= 0.3 is 12.0 Å². The van der Waals surface area contributed by atoms with Gasteiger partial charge in [0, 0.05) is 5.56 Å². The Bertz CT molecular complexity index is 933. The maximum Gasteiger partial charge on any atom is 0.458 e. The molecule has 4 rings (SSSR count). The van der Waals surface area contributed by atoms with Crippen LogP contribution in [0, 0.1) is 0 Å². The van der Waals surface area contributed by atoms with Crippen LogP contribution < -0.4 is 0 Å². The van der Waals surface area contributed by atoms with E-state index in [0.29, 0.717) is 5.56 Å². The third-order valence-corrected chi connectivity index (χ3v) is 5.00. The first kappa shape index (κ1) is 16.0. The van der Waals surface area contributed by atoms with Gasteiger partial charge in [-0.05, 0) is 17.7 Å². The molecule has 0 radical (unpaired) electrons. The number of oxime groups is 1.